The maximum atomic E-state index is 11.0. The molecule has 2 aromatic heterocycles. The highest BCUT2D eigenvalue weighted by Crippen LogP contribution is 2.44. The first-order valence-corrected chi connectivity index (χ1v) is 12.8. The van der Waals surface area contributed by atoms with Crippen LogP contribution < -0.4 is 0 Å². The molecule has 32 heavy (non-hydrogen) atoms. The molecule has 0 bridgehead atoms. The third-order valence-electron chi connectivity index (χ3n) is 4.24. The molecule has 1 aliphatic carbocycles. The fourth-order valence-corrected chi connectivity index (χ4v) is 5.07. The maximum Gasteiger partial charge on any atom is 0.306 e. The number of hydrogen-bond acceptors (Lipinski definition) is 8. The van der Waals surface area contributed by atoms with Crippen LogP contribution in [0.1, 0.15) is 37.3 Å². The Hall–Kier alpha value is -1.19. The minimum absolute atomic E-state index is 0.190. The van der Waals surface area contributed by atoms with Crippen LogP contribution in [0.3, 0.4) is 0 Å². The highest BCUT2D eigenvalue weighted by atomic mass is 35.5. The zero-order chi connectivity index (χ0) is 23.5. The molecule has 0 atom stereocenters. The van der Waals surface area contributed by atoms with E-state index in [2.05, 4.69) is 19.4 Å². The fourth-order valence-electron chi connectivity index (χ4n) is 2.40. The lowest BCUT2D eigenvalue weighted by atomic mass is 10.2. The van der Waals surface area contributed by atoms with Crippen LogP contribution in [0.4, 0.5) is 0 Å². The molecule has 1 aliphatic rings. The largest absolute Gasteiger partial charge is 0.469 e. The summed E-state index contributed by atoms with van der Waals surface area (Å²) < 4.78 is 9.11. The maximum absolute atomic E-state index is 11.0. The van der Waals surface area contributed by atoms with Crippen molar-refractivity contribution >= 4 is 70.3 Å². The van der Waals surface area contributed by atoms with Crippen molar-refractivity contribution in [2.75, 3.05) is 25.7 Å². The Bertz CT molecular complexity index is 930. The normalized spacial score (nSPS) is 12.5. The molecule has 2 aromatic rings. The van der Waals surface area contributed by atoms with Gasteiger partial charge in [-0.1, -0.05) is 34.8 Å². The summed E-state index contributed by atoms with van der Waals surface area (Å²) in [7, 11) is 2.76. The molecule has 0 amide bonds. The molecule has 1 saturated carbocycles. The zero-order valence-electron chi connectivity index (χ0n) is 17.6. The molecule has 1 fully saturated rings. The lowest BCUT2D eigenvalue weighted by Crippen LogP contribution is -2.01. The standard InChI is InChI=1S/C12H14ClNO2S.C9H9Cl2NO2S/c1-16-10(15)5-7-17-9-4-6-14-12(11(9)13)8-2-3-8;1-14-7(13)3-5-15-6-2-4-12-9(11)8(6)10/h4,6,8H,2-3,5,7H2,1H3;2,4H,3,5H2,1H3. The van der Waals surface area contributed by atoms with Crippen molar-refractivity contribution in [2.24, 2.45) is 0 Å². The number of pyridine rings is 2. The number of methoxy groups -OCH3 is 2. The summed E-state index contributed by atoms with van der Waals surface area (Å²) in [5.74, 6) is 1.40. The van der Waals surface area contributed by atoms with Crippen molar-refractivity contribution in [1.29, 1.82) is 0 Å². The molecular formula is C21H23Cl3N2O4S2. The molecule has 6 nitrogen and oxygen atoms in total. The quantitative estimate of drug-likeness (QED) is 0.209. The molecule has 3 rings (SSSR count). The number of halogens is 3. The van der Waals surface area contributed by atoms with Crippen LogP contribution in [0, 0.1) is 0 Å². The first kappa shape index (κ1) is 27.1. The van der Waals surface area contributed by atoms with Gasteiger partial charge in [-0.05, 0) is 25.0 Å². The second-order valence-electron chi connectivity index (χ2n) is 6.55. The van der Waals surface area contributed by atoms with E-state index in [0.717, 1.165) is 20.5 Å². The molecule has 11 heteroatoms. The van der Waals surface area contributed by atoms with Gasteiger partial charge >= 0.3 is 11.9 Å². The molecule has 174 valence electrons. The van der Waals surface area contributed by atoms with Gasteiger partial charge in [0.15, 0.2) is 0 Å². The van der Waals surface area contributed by atoms with Gasteiger partial charge in [-0.2, -0.15) is 0 Å². The molecule has 2 heterocycles. The summed E-state index contributed by atoms with van der Waals surface area (Å²) in [6.07, 6.45) is 6.48. The Balaban J connectivity index is 0.000000229. The summed E-state index contributed by atoms with van der Waals surface area (Å²) in [5.41, 5.74) is 1.01. The van der Waals surface area contributed by atoms with Crippen LogP contribution in [0.5, 0.6) is 0 Å². The van der Waals surface area contributed by atoms with E-state index < -0.39 is 0 Å². The Morgan fingerprint density at radius 2 is 1.41 bits per heavy atom. The number of carbonyl (C=O) groups excluding carboxylic acids is 2. The number of hydrogen-bond donors (Lipinski definition) is 0. The second kappa shape index (κ2) is 14.2. The van der Waals surface area contributed by atoms with Crippen LogP contribution in [0.25, 0.3) is 0 Å². The van der Waals surface area contributed by atoms with Gasteiger partial charge in [-0.3, -0.25) is 14.6 Å². The second-order valence-corrected chi connectivity index (χ2v) is 9.93. The lowest BCUT2D eigenvalue weighted by molar-refractivity contribution is -0.141. The predicted molar refractivity (Wildman–Crippen MR) is 130 cm³/mol. The molecule has 0 aliphatic heterocycles. The Morgan fingerprint density at radius 3 is 1.91 bits per heavy atom. The van der Waals surface area contributed by atoms with Gasteiger partial charge in [0.05, 0.1) is 42.8 Å². The van der Waals surface area contributed by atoms with Gasteiger partial charge in [0.2, 0.25) is 0 Å². The van der Waals surface area contributed by atoms with E-state index in [9.17, 15) is 9.59 Å². The number of nitrogens with zero attached hydrogens (tertiary/aromatic N) is 2. The monoisotopic (exact) mass is 536 g/mol. The van der Waals surface area contributed by atoms with Crippen LogP contribution in [-0.4, -0.2) is 47.6 Å². The number of rotatable bonds is 9. The smallest absolute Gasteiger partial charge is 0.306 e. The van der Waals surface area contributed by atoms with E-state index in [-0.39, 0.29) is 17.1 Å². The highest BCUT2D eigenvalue weighted by molar-refractivity contribution is 7.99. The van der Waals surface area contributed by atoms with E-state index in [1.54, 1.807) is 30.2 Å². The van der Waals surface area contributed by atoms with Gasteiger partial charge in [0.25, 0.3) is 0 Å². The Morgan fingerprint density at radius 1 is 0.906 bits per heavy atom. The zero-order valence-corrected chi connectivity index (χ0v) is 21.5. The first-order valence-electron chi connectivity index (χ1n) is 9.71. The minimum atomic E-state index is -0.237. The average Bonchev–Trinajstić information content (AvgIpc) is 3.63. The van der Waals surface area contributed by atoms with Crippen LogP contribution >= 0.6 is 58.3 Å². The van der Waals surface area contributed by atoms with Crippen LogP contribution in [-0.2, 0) is 19.1 Å². The van der Waals surface area contributed by atoms with Crippen molar-refractivity contribution in [3.05, 3.63) is 45.4 Å². The fraction of sp³-hybridized carbons (Fsp3) is 0.429. The minimum Gasteiger partial charge on any atom is -0.469 e. The Kier molecular flexibility index (Phi) is 12.0. The molecule has 0 N–H and O–H groups in total. The van der Waals surface area contributed by atoms with Crippen molar-refractivity contribution in [1.82, 2.24) is 9.97 Å². The SMILES string of the molecule is COC(=O)CCSc1ccnc(C2CC2)c1Cl.COC(=O)CCSc1ccnc(Cl)c1Cl. The van der Waals surface area contributed by atoms with Crippen molar-refractivity contribution in [3.63, 3.8) is 0 Å². The van der Waals surface area contributed by atoms with Crippen molar-refractivity contribution in [3.8, 4) is 0 Å². The summed E-state index contributed by atoms with van der Waals surface area (Å²) in [6.45, 7) is 0. The van der Waals surface area contributed by atoms with Crippen LogP contribution in [0.15, 0.2) is 34.3 Å². The molecule has 0 radical (unpaired) electrons. The topological polar surface area (TPSA) is 78.4 Å². The van der Waals surface area contributed by atoms with Gasteiger partial charge in [-0.25, -0.2) is 4.98 Å². The van der Waals surface area contributed by atoms with Crippen molar-refractivity contribution in [2.45, 2.75) is 41.4 Å². The molecule has 0 spiro atoms. The van der Waals surface area contributed by atoms with Gasteiger partial charge in [0, 0.05) is 39.6 Å². The van der Waals surface area contributed by atoms with E-state index >= 15 is 0 Å². The molecule has 0 unspecified atom stereocenters. The Labute approximate surface area is 211 Å². The molecule has 0 aromatic carbocycles. The number of ether oxygens (including phenoxy) is 2. The third-order valence-corrected chi connectivity index (χ3v) is 7.75. The van der Waals surface area contributed by atoms with Gasteiger partial charge < -0.3 is 9.47 Å². The predicted octanol–water partition coefficient (Wildman–Crippen LogP) is 6.31. The summed E-state index contributed by atoms with van der Waals surface area (Å²) in [5, 5.41) is 1.46. The van der Waals surface area contributed by atoms with Crippen molar-refractivity contribution < 1.29 is 19.1 Å². The lowest BCUT2D eigenvalue weighted by Gasteiger charge is -2.07. The summed E-state index contributed by atoms with van der Waals surface area (Å²) >= 11 is 21.0. The van der Waals surface area contributed by atoms with Crippen LogP contribution in [0.2, 0.25) is 15.2 Å². The van der Waals surface area contributed by atoms with E-state index in [4.69, 9.17) is 34.8 Å². The highest BCUT2D eigenvalue weighted by Gasteiger charge is 2.28. The number of aromatic nitrogens is 2. The summed E-state index contributed by atoms with van der Waals surface area (Å²) in [4.78, 5) is 31.8. The number of carbonyl (C=O) groups is 2. The third kappa shape index (κ3) is 8.98. The first-order chi connectivity index (χ1) is 15.4. The van der Waals surface area contributed by atoms with E-state index in [1.165, 1.54) is 38.8 Å². The average molecular weight is 538 g/mol. The number of esters is 2. The molecular weight excluding hydrogens is 515 g/mol. The van der Waals surface area contributed by atoms with E-state index in [0.29, 0.717) is 35.3 Å². The van der Waals surface area contributed by atoms with Gasteiger partial charge in [0.1, 0.15) is 5.15 Å². The van der Waals surface area contributed by atoms with E-state index in [1.807, 2.05) is 6.07 Å². The number of thioether (sulfide) groups is 2. The summed E-state index contributed by atoms with van der Waals surface area (Å²) in [6, 6.07) is 3.66. The molecule has 0 saturated heterocycles. The van der Waals surface area contributed by atoms with Gasteiger partial charge in [-0.15, -0.1) is 23.5 Å².